The van der Waals surface area contributed by atoms with Crippen molar-refractivity contribution in [3.8, 4) is 5.75 Å². The number of aromatic hydroxyl groups is 1. The standard InChI is InChI=1S/C15H14O2/c1-11-7-13(15(17)14(8-11)10-16)9-12-5-3-2-4-6-12/h2-8,10,17H,9H2,1H3. The normalized spacial score (nSPS) is 10.2. The number of aryl methyl sites for hydroxylation is 1. The van der Waals surface area contributed by atoms with Gasteiger partial charge in [0.2, 0.25) is 0 Å². The highest BCUT2D eigenvalue weighted by Gasteiger charge is 2.08. The zero-order valence-electron chi connectivity index (χ0n) is 9.68. The van der Waals surface area contributed by atoms with Crippen LogP contribution in [0.3, 0.4) is 0 Å². The summed E-state index contributed by atoms with van der Waals surface area (Å²) in [5.41, 5.74) is 3.25. The number of carbonyl (C=O) groups excluding carboxylic acids is 1. The fourth-order valence-corrected chi connectivity index (χ4v) is 1.92. The Kier molecular flexibility index (Phi) is 3.24. The van der Waals surface area contributed by atoms with Gasteiger partial charge in [-0.2, -0.15) is 0 Å². The average Bonchev–Trinajstić information content (AvgIpc) is 2.34. The van der Waals surface area contributed by atoms with E-state index in [0.29, 0.717) is 18.3 Å². The molecule has 0 saturated heterocycles. The van der Waals surface area contributed by atoms with E-state index in [-0.39, 0.29) is 5.75 Å². The Bertz CT molecular complexity index is 530. The summed E-state index contributed by atoms with van der Waals surface area (Å²) in [6.07, 6.45) is 1.33. The van der Waals surface area contributed by atoms with Crippen LogP contribution in [0.2, 0.25) is 0 Å². The predicted octanol–water partition coefficient (Wildman–Crippen LogP) is 3.10. The Morgan fingerprint density at radius 3 is 2.53 bits per heavy atom. The van der Waals surface area contributed by atoms with Gasteiger partial charge in [-0.1, -0.05) is 36.4 Å². The lowest BCUT2D eigenvalue weighted by atomic mass is 9.99. The monoisotopic (exact) mass is 226 g/mol. The Morgan fingerprint density at radius 1 is 1.18 bits per heavy atom. The third-order valence-electron chi connectivity index (χ3n) is 2.73. The molecule has 0 heterocycles. The summed E-state index contributed by atoms with van der Waals surface area (Å²) in [5.74, 6) is 0.0921. The van der Waals surface area contributed by atoms with E-state index in [9.17, 15) is 9.90 Å². The number of aldehydes is 1. The minimum Gasteiger partial charge on any atom is -0.507 e. The SMILES string of the molecule is Cc1cc(C=O)c(O)c(Cc2ccccc2)c1. The molecule has 0 saturated carbocycles. The van der Waals surface area contributed by atoms with Crippen LogP contribution in [0.15, 0.2) is 42.5 Å². The lowest BCUT2D eigenvalue weighted by molar-refractivity contribution is 0.112. The minimum atomic E-state index is 0.0921. The van der Waals surface area contributed by atoms with E-state index in [1.165, 1.54) is 0 Å². The lowest BCUT2D eigenvalue weighted by Crippen LogP contribution is -1.93. The van der Waals surface area contributed by atoms with Crippen molar-refractivity contribution in [1.82, 2.24) is 0 Å². The maximum absolute atomic E-state index is 10.8. The highest BCUT2D eigenvalue weighted by Crippen LogP contribution is 2.25. The van der Waals surface area contributed by atoms with Crippen LogP contribution in [0.4, 0.5) is 0 Å². The van der Waals surface area contributed by atoms with Crippen molar-refractivity contribution >= 4 is 6.29 Å². The van der Waals surface area contributed by atoms with Crippen molar-refractivity contribution in [2.24, 2.45) is 0 Å². The maximum atomic E-state index is 10.8. The van der Waals surface area contributed by atoms with Crippen LogP contribution in [0.1, 0.15) is 27.0 Å². The van der Waals surface area contributed by atoms with E-state index in [0.717, 1.165) is 16.7 Å². The number of carbonyl (C=O) groups is 1. The van der Waals surface area contributed by atoms with Crippen molar-refractivity contribution in [3.05, 3.63) is 64.7 Å². The molecular formula is C15H14O2. The highest BCUT2D eigenvalue weighted by molar-refractivity contribution is 5.80. The number of hydrogen-bond acceptors (Lipinski definition) is 2. The zero-order valence-corrected chi connectivity index (χ0v) is 9.68. The van der Waals surface area contributed by atoms with Crippen LogP contribution >= 0.6 is 0 Å². The van der Waals surface area contributed by atoms with Gasteiger partial charge in [-0.15, -0.1) is 0 Å². The Hall–Kier alpha value is -2.09. The molecule has 0 radical (unpaired) electrons. The molecule has 17 heavy (non-hydrogen) atoms. The van der Waals surface area contributed by atoms with Crippen molar-refractivity contribution in [3.63, 3.8) is 0 Å². The van der Waals surface area contributed by atoms with Gasteiger partial charge in [-0.3, -0.25) is 4.79 Å². The third kappa shape index (κ3) is 2.53. The van der Waals surface area contributed by atoms with Crippen molar-refractivity contribution in [1.29, 1.82) is 0 Å². The van der Waals surface area contributed by atoms with E-state index in [2.05, 4.69) is 0 Å². The number of phenols is 1. The number of rotatable bonds is 3. The first-order chi connectivity index (χ1) is 8.20. The van der Waals surface area contributed by atoms with Crippen LogP contribution in [-0.2, 0) is 6.42 Å². The largest absolute Gasteiger partial charge is 0.507 e. The van der Waals surface area contributed by atoms with E-state index in [1.54, 1.807) is 6.07 Å². The Balaban J connectivity index is 2.39. The third-order valence-corrected chi connectivity index (χ3v) is 2.73. The fourth-order valence-electron chi connectivity index (χ4n) is 1.92. The van der Waals surface area contributed by atoms with Gasteiger partial charge in [0.05, 0.1) is 5.56 Å². The molecule has 1 N–H and O–H groups in total. The van der Waals surface area contributed by atoms with Crippen LogP contribution in [0.5, 0.6) is 5.75 Å². The smallest absolute Gasteiger partial charge is 0.153 e. The van der Waals surface area contributed by atoms with E-state index in [4.69, 9.17) is 0 Å². The second-order valence-corrected chi connectivity index (χ2v) is 4.14. The molecule has 0 atom stereocenters. The zero-order chi connectivity index (χ0) is 12.3. The van der Waals surface area contributed by atoms with Gasteiger partial charge in [0, 0.05) is 6.42 Å². The van der Waals surface area contributed by atoms with Crippen LogP contribution in [-0.4, -0.2) is 11.4 Å². The highest BCUT2D eigenvalue weighted by atomic mass is 16.3. The Labute approximate surface area is 101 Å². The summed E-state index contributed by atoms with van der Waals surface area (Å²) < 4.78 is 0. The number of hydrogen-bond donors (Lipinski definition) is 1. The van der Waals surface area contributed by atoms with Gasteiger partial charge in [-0.05, 0) is 29.7 Å². The van der Waals surface area contributed by atoms with Crippen LogP contribution in [0.25, 0.3) is 0 Å². The molecule has 0 spiro atoms. The molecule has 0 bridgehead atoms. The minimum absolute atomic E-state index is 0.0921. The first-order valence-corrected chi connectivity index (χ1v) is 5.52. The molecule has 2 heteroatoms. The number of benzene rings is 2. The van der Waals surface area contributed by atoms with E-state index in [1.807, 2.05) is 43.3 Å². The van der Waals surface area contributed by atoms with Gasteiger partial charge < -0.3 is 5.11 Å². The van der Waals surface area contributed by atoms with E-state index >= 15 is 0 Å². The molecule has 0 aliphatic rings. The molecular weight excluding hydrogens is 212 g/mol. The summed E-state index contributed by atoms with van der Waals surface area (Å²) in [4.78, 5) is 10.8. The second kappa shape index (κ2) is 4.83. The molecule has 0 amide bonds. The van der Waals surface area contributed by atoms with Crippen LogP contribution < -0.4 is 0 Å². The fraction of sp³-hybridized carbons (Fsp3) is 0.133. The maximum Gasteiger partial charge on any atom is 0.153 e. The summed E-state index contributed by atoms with van der Waals surface area (Å²) in [6, 6.07) is 13.5. The van der Waals surface area contributed by atoms with Gasteiger partial charge in [0.25, 0.3) is 0 Å². The molecule has 0 aliphatic heterocycles. The molecule has 0 aliphatic carbocycles. The van der Waals surface area contributed by atoms with Gasteiger partial charge in [-0.25, -0.2) is 0 Å². The predicted molar refractivity (Wildman–Crippen MR) is 67.5 cm³/mol. The molecule has 2 aromatic rings. The molecule has 0 unspecified atom stereocenters. The van der Waals surface area contributed by atoms with Crippen molar-refractivity contribution in [2.75, 3.05) is 0 Å². The van der Waals surface area contributed by atoms with Gasteiger partial charge in [0.15, 0.2) is 6.29 Å². The molecule has 0 aromatic heterocycles. The lowest BCUT2D eigenvalue weighted by Gasteiger charge is -2.08. The molecule has 2 rings (SSSR count). The quantitative estimate of drug-likeness (QED) is 0.816. The summed E-state index contributed by atoms with van der Waals surface area (Å²) in [5, 5.41) is 9.94. The van der Waals surface area contributed by atoms with E-state index < -0.39 is 0 Å². The molecule has 2 nitrogen and oxygen atoms in total. The Morgan fingerprint density at radius 2 is 1.88 bits per heavy atom. The van der Waals surface area contributed by atoms with Crippen molar-refractivity contribution in [2.45, 2.75) is 13.3 Å². The molecule has 0 fully saturated rings. The second-order valence-electron chi connectivity index (χ2n) is 4.14. The topological polar surface area (TPSA) is 37.3 Å². The first kappa shape index (κ1) is 11.4. The molecule has 86 valence electrons. The molecule has 2 aromatic carbocycles. The van der Waals surface area contributed by atoms with Gasteiger partial charge in [0.1, 0.15) is 5.75 Å². The van der Waals surface area contributed by atoms with Crippen LogP contribution in [0, 0.1) is 6.92 Å². The summed E-state index contributed by atoms with van der Waals surface area (Å²) >= 11 is 0. The average molecular weight is 226 g/mol. The van der Waals surface area contributed by atoms with Crippen molar-refractivity contribution < 1.29 is 9.90 Å². The summed E-state index contributed by atoms with van der Waals surface area (Å²) in [7, 11) is 0. The first-order valence-electron chi connectivity index (χ1n) is 5.52. The number of phenolic OH excluding ortho intramolecular Hbond substituents is 1. The summed E-state index contributed by atoms with van der Waals surface area (Å²) in [6.45, 7) is 1.92. The van der Waals surface area contributed by atoms with Gasteiger partial charge >= 0.3 is 0 Å².